The molecule has 1 aliphatic rings. The van der Waals surface area contributed by atoms with E-state index >= 15 is 0 Å². The van der Waals surface area contributed by atoms with E-state index in [9.17, 15) is 26.7 Å². The summed E-state index contributed by atoms with van der Waals surface area (Å²) in [6.45, 7) is 9.13. The number of nitrogens with one attached hydrogen (secondary N) is 1. The Bertz CT molecular complexity index is 1560. The number of hydrogen-bond donors (Lipinski definition) is 3. The van der Waals surface area contributed by atoms with Gasteiger partial charge in [-0.05, 0) is 56.8 Å². The summed E-state index contributed by atoms with van der Waals surface area (Å²) >= 11 is 0. The number of halogens is 3. The number of rotatable bonds is 8. The lowest BCUT2D eigenvalue weighted by molar-refractivity contribution is -0.196. The lowest BCUT2D eigenvalue weighted by atomic mass is 9.84. The van der Waals surface area contributed by atoms with Gasteiger partial charge in [-0.2, -0.15) is 13.2 Å². The number of hydrogen-bond acceptors (Lipinski definition) is 10. The fourth-order valence-electron chi connectivity index (χ4n) is 4.56. The van der Waals surface area contributed by atoms with Crippen LogP contribution in [0.1, 0.15) is 70.1 Å². The van der Waals surface area contributed by atoms with E-state index in [0.29, 0.717) is 33.8 Å². The minimum absolute atomic E-state index is 0.132. The minimum atomic E-state index is -4.83. The van der Waals surface area contributed by atoms with Gasteiger partial charge >= 0.3 is 6.18 Å². The summed E-state index contributed by atoms with van der Waals surface area (Å²) in [5.41, 5.74) is 6.52. The number of pyridine rings is 3. The maximum atomic E-state index is 13.8. The summed E-state index contributed by atoms with van der Waals surface area (Å²) in [7, 11) is -3.66. The third kappa shape index (κ3) is 6.88. The Hall–Kier alpha value is -3.07. The first-order valence-electron chi connectivity index (χ1n) is 12.9. The molecule has 0 aliphatic carbocycles. The Kier molecular flexibility index (Phi) is 8.02. The number of sulfone groups is 1. The van der Waals surface area contributed by atoms with Gasteiger partial charge in [-0.25, -0.2) is 23.4 Å². The molecule has 14 heteroatoms. The van der Waals surface area contributed by atoms with E-state index < -0.39 is 51.7 Å². The van der Waals surface area contributed by atoms with E-state index in [1.54, 1.807) is 32.0 Å². The van der Waals surface area contributed by atoms with E-state index in [4.69, 9.17) is 15.2 Å². The van der Waals surface area contributed by atoms with Crippen LogP contribution in [-0.2, 0) is 20.1 Å². The molecule has 3 aromatic heterocycles. The van der Waals surface area contributed by atoms with Crippen LogP contribution in [0.4, 0.5) is 24.8 Å². The van der Waals surface area contributed by atoms with Crippen molar-refractivity contribution in [2.75, 3.05) is 17.3 Å². The molecule has 3 atom stereocenters. The van der Waals surface area contributed by atoms with Crippen molar-refractivity contribution in [3.05, 3.63) is 47.4 Å². The Morgan fingerprint density at radius 3 is 2.46 bits per heavy atom. The molecule has 41 heavy (non-hydrogen) atoms. The van der Waals surface area contributed by atoms with Gasteiger partial charge in [0.1, 0.15) is 21.5 Å². The number of nitrogens with two attached hydrogens (primary N) is 1. The highest BCUT2D eigenvalue weighted by Gasteiger charge is 2.43. The summed E-state index contributed by atoms with van der Waals surface area (Å²) in [6.07, 6.45) is -5.61. The van der Waals surface area contributed by atoms with Gasteiger partial charge in [0.15, 0.2) is 12.4 Å². The number of aliphatic hydroxyl groups is 1. The zero-order valence-corrected chi connectivity index (χ0v) is 24.4. The monoisotopic (exact) mass is 597 g/mol. The average molecular weight is 598 g/mol. The van der Waals surface area contributed by atoms with Crippen LogP contribution in [0.15, 0.2) is 30.6 Å². The van der Waals surface area contributed by atoms with Crippen LogP contribution in [0.5, 0.6) is 5.88 Å². The molecule has 0 saturated carbocycles. The van der Waals surface area contributed by atoms with Crippen LogP contribution in [-0.4, -0.2) is 58.4 Å². The molecule has 0 amide bonds. The molecule has 1 unspecified atom stereocenters. The quantitative estimate of drug-likeness (QED) is 0.336. The lowest BCUT2D eigenvalue weighted by Crippen LogP contribution is -2.38. The number of aliphatic hydroxyl groups excluding tert-OH is 1. The molecule has 4 rings (SSSR count). The summed E-state index contributed by atoms with van der Waals surface area (Å²) in [4.78, 5) is 13.1. The third-order valence-electron chi connectivity index (χ3n) is 7.15. The largest absolute Gasteiger partial charge is 0.464 e. The molecule has 3 aromatic rings. The topological polar surface area (TPSA) is 150 Å². The number of aromatic nitrogens is 3. The fraction of sp³-hybridized carbons (Fsp3) is 0.519. The molecule has 1 aliphatic heterocycles. The van der Waals surface area contributed by atoms with E-state index in [1.165, 1.54) is 12.4 Å². The predicted octanol–water partition coefficient (Wildman–Crippen LogP) is 4.61. The van der Waals surface area contributed by atoms with Crippen molar-refractivity contribution in [2.24, 2.45) is 5.73 Å². The Labute approximate surface area is 236 Å². The summed E-state index contributed by atoms with van der Waals surface area (Å²) in [5.74, 6) is -0.421. The summed E-state index contributed by atoms with van der Waals surface area (Å²) in [6, 6.07) is 4.98. The molecule has 4 N–H and O–H groups in total. The molecular formula is C27H34F3N5O5S. The highest BCUT2D eigenvalue weighted by Crippen LogP contribution is 2.42. The van der Waals surface area contributed by atoms with E-state index in [0.717, 1.165) is 6.26 Å². The van der Waals surface area contributed by atoms with E-state index in [-0.39, 0.29) is 17.2 Å². The van der Waals surface area contributed by atoms with Crippen molar-refractivity contribution in [3.63, 3.8) is 0 Å². The third-order valence-corrected chi connectivity index (χ3v) is 8.12. The van der Waals surface area contributed by atoms with Gasteiger partial charge in [0.05, 0.1) is 22.4 Å². The van der Waals surface area contributed by atoms with Gasteiger partial charge in [-0.1, -0.05) is 6.92 Å². The summed E-state index contributed by atoms with van der Waals surface area (Å²) in [5, 5.41) is 14.1. The number of anilines is 2. The van der Waals surface area contributed by atoms with Crippen LogP contribution in [0.2, 0.25) is 0 Å². The number of nitrogens with zero attached hydrogens (tertiary/aromatic N) is 3. The summed E-state index contributed by atoms with van der Waals surface area (Å²) < 4.78 is 75.3. The number of fused-ring (bicyclic) bond motifs is 2. The fourth-order valence-corrected chi connectivity index (χ4v) is 5.20. The second-order valence-corrected chi connectivity index (χ2v) is 13.7. The van der Waals surface area contributed by atoms with Gasteiger partial charge in [-0.15, -0.1) is 0 Å². The van der Waals surface area contributed by atoms with Crippen molar-refractivity contribution < 1.29 is 36.2 Å². The van der Waals surface area contributed by atoms with Gasteiger partial charge in [0, 0.05) is 42.1 Å². The first-order chi connectivity index (χ1) is 18.8. The zero-order valence-electron chi connectivity index (χ0n) is 23.6. The van der Waals surface area contributed by atoms with Gasteiger partial charge < -0.3 is 25.6 Å². The standard InChI is InChI=1S/C27H34F3N5O5S/c1-14-22-15(24(36)40-26(14,4)5)7-8-20(35-22)34-21-11-16-17(12-32-21)23(33-13-18(16)25(2,3)31)39-19(27(28,29)30)9-10-41(6,37)38/h7-8,11-14,19,24,36H,9-10,31H2,1-6H3,(H,32,34,35)/t14-,19-,24?/m1/s1. The second-order valence-electron chi connectivity index (χ2n) is 11.5. The van der Waals surface area contributed by atoms with Crippen LogP contribution < -0.4 is 15.8 Å². The van der Waals surface area contributed by atoms with Gasteiger partial charge in [-0.3, -0.25) is 0 Å². The average Bonchev–Trinajstić information content (AvgIpc) is 2.82. The maximum absolute atomic E-state index is 13.8. The van der Waals surface area contributed by atoms with Crippen molar-refractivity contribution in [3.8, 4) is 5.88 Å². The normalized spacial score (nSPS) is 20.0. The van der Waals surface area contributed by atoms with Crippen molar-refractivity contribution in [2.45, 2.75) is 76.7 Å². The lowest BCUT2D eigenvalue weighted by Gasteiger charge is -2.39. The van der Waals surface area contributed by atoms with Gasteiger partial charge in [0.25, 0.3) is 0 Å². The molecular weight excluding hydrogens is 563 g/mol. The SMILES string of the molecule is C[C@@H]1c2nc(Nc3cc4c(C(C)(C)N)cnc(O[C@H](CCS(C)(=O)=O)C(F)(F)F)c4cn3)ccc2C(O)OC1(C)C. The van der Waals surface area contributed by atoms with Crippen molar-refractivity contribution in [1.29, 1.82) is 0 Å². The maximum Gasteiger partial charge on any atom is 0.425 e. The molecule has 0 radical (unpaired) electrons. The molecule has 10 nitrogen and oxygen atoms in total. The molecule has 0 fully saturated rings. The number of ether oxygens (including phenoxy) is 2. The molecule has 4 heterocycles. The van der Waals surface area contributed by atoms with Crippen molar-refractivity contribution >= 4 is 32.2 Å². The van der Waals surface area contributed by atoms with Crippen LogP contribution in [0.25, 0.3) is 10.8 Å². The molecule has 0 spiro atoms. The number of alkyl halides is 3. The van der Waals surface area contributed by atoms with Crippen LogP contribution in [0, 0.1) is 0 Å². The molecule has 0 saturated heterocycles. The first kappa shape index (κ1) is 30.9. The molecule has 0 bridgehead atoms. The smallest absolute Gasteiger partial charge is 0.425 e. The minimum Gasteiger partial charge on any atom is -0.464 e. The molecule has 224 valence electrons. The second kappa shape index (κ2) is 10.6. The Balaban J connectivity index is 1.73. The van der Waals surface area contributed by atoms with Crippen molar-refractivity contribution in [1.82, 2.24) is 15.0 Å². The van der Waals surface area contributed by atoms with Crippen LogP contribution >= 0.6 is 0 Å². The first-order valence-corrected chi connectivity index (χ1v) is 15.0. The van der Waals surface area contributed by atoms with E-state index in [2.05, 4.69) is 20.3 Å². The highest BCUT2D eigenvalue weighted by atomic mass is 32.2. The Morgan fingerprint density at radius 1 is 1.17 bits per heavy atom. The molecule has 0 aromatic carbocycles. The zero-order chi connectivity index (χ0) is 30.5. The highest BCUT2D eigenvalue weighted by molar-refractivity contribution is 7.90. The Morgan fingerprint density at radius 2 is 1.85 bits per heavy atom. The van der Waals surface area contributed by atoms with E-state index in [1.807, 2.05) is 20.8 Å². The van der Waals surface area contributed by atoms with Crippen LogP contribution in [0.3, 0.4) is 0 Å². The van der Waals surface area contributed by atoms with Gasteiger partial charge in [0.2, 0.25) is 5.88 Å². The predicted molar refractivity (Wildman–Crippen MR) is 148 cm³/mol.